The molecule has 1 aliphatic carbocycles. The normalized spacial score (nSPS) is 21.8. The molecule has 0 amide bonds. The molecule has 1 unspecified atom stereocenters. The second kappa shape index (κ2) is 5.65. The molecule has 1 atom stereocenters. The van der Waals surface area contributed by atoms with E-state index in [4.69, 9.17) is 10.5 Å². The maximum atomic E-state index is 6.46. The van der Waals surface area contributed by atoms with Crippen molar-refractivity contribution in [1.82, 2.24) is 0 Å². The van der Waals surface area contributed by atoms with Gasteiger partial charge in [-0.15, -0.1) is 0 Å². The van der Waals surface area contributed by atoms with Gasteiger partial charge in [0.1, 0.15) is 0 Å². The number of hydrogen-bond acceptors (Lipinski definition) is 2. The van der Waals surface area contributed by atoms with E-state index in [1.54, 1.807) is 0 Å². The lowest BCUT2D eigenvalue weighted by atomic mass is 9.83. The lowest BCUT2D eigenvalue weighted by molar-refractivity contribution is -0.0442. The van der Waals surface area contributed by atoms with Gasteiger partial charge < -0.3 is 10.5 Å². The van der Waals surface area contributed by atoms with Crippen LogP contribution in [0, 0.1) is 0 Å². The SMILES string of the molecule is COC1(C(N)c2ccccc2)CCCCCC1. The molecular weight excluding hydrogens is 210 g/mol. The fourth-order valence-corrected chi connectivity index (χ4v) is 2.93. The van der Waals surface area contributed by atoms with E-state index in [0.29, 0.717) is 0 Å². The fourth-order valence-electron chi connectivity index (χ4n) is 2.93. The molecule has 0 spiro atoms. The molecule has 2 N–H and O–H groups in total. The molecule has 0 saturated heterocycles. The topological polar surface area (TPSA) is 35.2 Å². The summed E-state index contributed by atoms with van der Waals surface area (Å²) < 4.78 is 5.85. The minimum Gasteiger partial charge on any atom is -0.376 e. The molecule has 1 fully saturated rings. The smallest absolute Gasteiger partial charge is 0.0870 e. The lowest BCUT2D eigenvalue weighted by Crippen LogP contribution is -2.42. The number of methoxy groups -OCH3 is 1. The summed E-state index contributed by atoms with van der Waals surface area (Å²) in [4.78, 5) is 0. The second-order valence-electron chi connectivity index (χ2n) is 5.07. The van der Waals surface area contributed by atoms with Crippen LogP contribution in [0.3, 0.4) is 0 Å². The van der Waals surface area contributed by atoms with Gasteiger partial charge in [0.05, 0.1) is 11.6 Å². The van der Waals surface area contributed by atoms with Crippen LogP contribution in [0.2, 0.25) is 0 Å². The van der Waals surface area contributed by atoms with Crippen molar-refractivity contribution in [3.63, 3.8) is 0 Å². The van der Waals surface area contributed by atoms with Gasteiger partial charge in [0, 0.05) is 7.11 Å². The lowest BCUT2D eigenvalue weighted by Gasteiger charge is -2.37. The highest BCUT2D eigenvalue weighted by Gasteiger charge is 2.37. The maximum absolute atomic E-state index is 6.46. The fraction of sp³-hybridized carbons (Fsp3) is 0.600. The molecule has 0 radical (unpaired) electrons. The second-order valence-corrected chi connectivity index (χ2v) is 5.07. The number of hydrogen-bond donors (Lipinski definition) is 1. The highest BCUT2D eigenvalue weighted by Crippen LogP contribution is 2.38. The summed E-state index contributed by atoms with van der Waals surface area (Å²) in [6.45, 7) is 0. The summed E-state index contributed by atoms with van der Waals surface area (Å²) in [6.07, 6.45) is 7.25. The average molecular weight is 233 g/mol. The Bertz CT molecular complexity index is 328. The van der Waals surface area contributed by atoms with Gasteiger partial charge in [-0.1, -0.05) is 56.0 Å². The first kappa shape index (κ1) is 12.6. The quantitative estimate of drug-likeness (QED) is 0.812. The Morgan fingerprint density at radius 1 is 1.06 bits per heavy atom. The molecule has 0 aliphatic heterocycles. The molecule has 17 heavy (non-hydrogen) atoms. The molecular formula is C15H23NO. The summed E-state index contributed by atoms with van der Waals surface area (Å²) in [5.41, 5.74) is 7.50. The van der Waals surface area contributed by atoms with E-state index in [1.807, 2.05) is 13.2 Å². The molecule has 0 aromatic heterocycles. The molecule has 1 aromatic carbocycles. The maximum Gasteiger partial charge on any atom is 0.0870 e. The van der Waals surface area contributed by atoms with Crippen LogP contribution >= 0.6 is 0 Å². The molecule has 1 aliphatic rings. The molecule has 0 heterocycles. The van der Waals surface area contributed by atoms with Gasteiger partial charge >= 0.3 is 0 Å². The van der Waals surface area contributed by atoms with Crippen molar-refractivity contribution in [1.29, 1.82) is 0 Å². The third kappa shape index (κ3) is 2.70. The Morgan fingerprint density at radius 3 is 2.18 bits per heavy atom. The first-order chi connectivity index (χ1) is 8.28. The van der Waals surface area contributed by atoms with Gasteiger partial charge in [-0.2, -0.15) is 0 Å². The van der Waals surface area contributed by atoms with Crippen molar-refractivity contribution in [2.24, 2.45) is 5.73 Å². The van der Waals surface area contributed by atoms with E-state index >= 15 is 0 Å². The molecule has 2 heteroatoms. The van der Waals surface area contributed by atoms with Crippen molar-refractivity contribution >= 4 is 0 Å². The summed E-state index contributed by atoms with van der Waals surface area (Å²) in [7, 11) is 1.81. The summed E-state index contributed by atoms with van der Waals surface area (Å²) in [5, 5.41) is 0. The van der Waals surface area contributed by atoms with Crippen LogP contribution in [0.1, 0.15) is 50.1 Å². The van der Waals surface area contributed by atoms with Gasteiger partial charge in [0.15, 0.2) is 0 Å². The van der Waals surface area contributed by atoms with E-state index in [-0.39, 0.29) is 11.6 Å². The number of rotatable bonds is 3. The minimum atomic E-state index is -0.155. The first-order valence-electron chi connectivity index (χ1n) is 6.64. The van der Waals surface area contributed by atoms with Gasteiger partial charge in [0.2, 0.25) is 0 Å². The number of benzene rings is 1. The van der Waals surface area contributed by atoms with Crippen molar-refractivity contribution in [2.75, 3.05) is 7.11 Å². The Kier molecular flexibility index (Phi) is 4.19. The van der Waals surface area contributed by atoms with Crippen LogP contribution in [0.25, 0.3) is 0 Å². The summed E-state index contributed by atoms with van der Waals surface area (Å²) in [5.74, 6) is 0. The molecule has 2 rings (SSSR count). The van der Waals surface area contributed by atoms with E-state index in [0.717, 1.165) is 12.8 Å². The highest BCUT2D eigenvalue weighted by molar-refractivity contribution is 5.22. The van der Waals surface area contributed by atoms with Crippen LogP contribution in [0.15, 0.2) is 30.3 Å². The van der Waals surface area contributed by atoms with E-state index < -0.39 is 0 Å². The van der Waals surface area contributed by atoms with Crippen molar-refractivity contribution in [3.8, 4) is 0 Å². The van der Waals surface area contributed by atoms with E-state index in [1.165, 1.54) is 31.2 Å². The zero-order chi connectivity index (χ0) is 12.1. The highest BCUT2D eigenvalue weighted by atomic mass is 16.5. The van der Waals surface area contributed by atoms with Gasteiger partial charge in [-0.05, 0) is 18.4 Å². The minimum absolute atomic E-state index is 0.00759. The molecule has 94 valence electrons. The largest absolute Gasteiger partial charge is 0.376 e. The summed E-state index contributed by atoms with van der Waals surface area (Å²) in [6, 6.07) is 10.3. The van der Waals surface area contributed by atoms with Crippen LogP contribution < -0.4 is 5.73 Å². The third-order valence-electron chi connectivity index (χ3n) is 4.08. The van der Waals surface area contributed by atoms with Gasteiger partial charge in [-0.3, -0.25) is 0 Å². The predicted molar refractivity (Wildman–Crippen MR) is 70.8 cm³/mol. The number of ether oxygens (including phenoxy) is 1. The predicted octanol–water partition coefficient (Wildman–Crippen LogP) is 3.43. The van der Waals surface area contributed by atoms with Crippen molar-refractivity contribution in [3.05, 3.63) is 35.9 Å². The standard InChI is InChI=1S/C15H23NO/c1-17-15(11-7-2-3-8-12-15)14(16)13-9-5-4-6-10-13/h4-6,9-10,14H,2-3,7-8,11-12,16H2,1H3. The monoisotopic (exact) mass is 233 g/mol. The van der Waals surface area contributed by atoms with Crippen LogP contribution in [-0.4, -0.2) is 12.7 Å². The Morgan fingerprint density at radius 2 is 1.65 bits per heavy atom. The molecule has 1 aromatic rings. The van der Waals surface area contributed by atoms with Gasteiger partial charge in [0.25, 0.3) is 0 Å². The van der Waals surface area contributed by atoms with Crippen LogP contribution in [0.5, 0.6) is 0 Å². The Balaban J connectivity index is 2.21. The Hall–Kier alpha value is -0.860. The zero-order valence-corrected chi connectivity index (χ0v) is 10.7. The zero-order valence-electron chi connectivity index (χ0n) is 10.7. The van der Waals surface area contributed by atoms with Crippen LogP contribution in [0.4, 0.5) is 0 Å². The molecule has 1 saturated carbocycles. The number of nitrogens with two attached hydrogens (primary N) is 1. The molecule has 0 bridgehead atoms. The summed E-state index contributed by atoms with van der Waals surface area (Å²) >= 11 is 0. The molecule has 2 nitrogen and oxygen atoms in total. The third-order valence-corrected chi connectivity index (χ3v) is 4.08. The average Bonchev–Trinajstić information content (AvgIpc) is 2.65. The van der Waals surface area contributed by atoms with Crippen molar-refractivity contribution in [2.45, 2.75) is 50.2 Å². The first-order valence-corrected chi connectivity index (χ1v) is 6.64. The van der Waals surface area contributed by atoms with E-state index in [2.05, 4.69) is 24.3 Å². The van der Waals surface area contributed by atoms with Gasteiger partial charge in [-0.25, -0.2) is 0 Å². The van der Waals surface area contributed by atoms with E-state index in [9.17, 15) is 0 Å². The van der Waals surface area contributed by atoms with Crippen molar-refractivity contribution < 1.29 is 4.74 Å². The Labute approximate surface area is 104 Å². The van der Waals surface area contributed by atoms with Crippen LogP contribution in [-0.2, 0) is 4.74 Å².